The van der Waals surface area contributed by atoms with Crippen LogP contribution in [0.15, 0.2) is 34.0 Å². The summed E-state index contributed by atoms with van der Waals surface area (Å²) in [5, 5.41) is 8.86. The van der Waals surface area contributed by atoms with Crippen molar-refractivity contribution in [2.45, 2.75) is 17.9 Å². The SMILES string of the molecule is CSc1ccccc1C(=O)N[C@H](C)c1n[nH]c(=O)[nH]1. The standard InChI is InChI=1S/C12H14N4O2S/c1-7(10-14-12(18)16-15-10)13-11(17)8-5-3-4-6-9(8)19-2/h3-7H,1-2H3,(H,13,17)(H2,14,15,16,18)/t7-/m1/s1. The predicted molar refractivity (Wildman–Crippen MR) is 73.3 cm³/mol. The van der Waals surface area contributed by atoms with E-state index in [1.165, 1.54) is 11.8 Å². The molecule has 1 amide bonds. The first-order chi connectivity index (χ1) is 9.11. The van der Waals surface area contributed by atoms with Crippen LogP contribution in [0.1, 0.15) is 29.1 Å². The molecule has 1 aromatic carbocycles. The third-order valence-electron chi connectivity index (χ3n) is 2.63. The van der Waals surface area contributed by atoms with Crippen LogP contribution in [-0.2, 0) is 0 Å². The Kier molecular flexibility index (Phi) is 4.06. The summed E-state index contributed by atoms with van der Waals surface area (Å²) in [4.78, 5) is 26.5. The summed E-state index contributed by atoms with van der Waals surface area (Å²) in [6, 6.07) is 6.98. The minimum Gasteiger partial charge on any atom is -0.342 e. The third-order valence-corrected chi connectivity index (χ3v) is 3.42. The van der Waals surface area contributed by atoms with Crippen molar-refractivity contribution in [3.05, 3.63) is 46.1 Å². The van der Waals surface area contributed by atoms with Gasteiger partial charge in [-0.2, -0.15) is 5.10 Å². The molecule has 1 heterocycles. The van der Waals surface area contributed by atoms with E-state index < -0.39 is 0 Å². The Morgan fingerprint density at radius 2 is 2.16 bits per heavy atom. The fraction of sp³-hybridized carbons (Fsp3) is 0.250. The van der Waals surface area contributed by atoms with Crippen LogP contribution in [0.2, 0.25) is 0 Å². The molecular weight excluding hydrogens is 264 g/mol. The van der Waals surface area contributed by atoms with E-state index in [4.69, 9.17) is 0 Å². The van der Waals surface area contributed by atoms with E-state index in [1.807, 2.05) is 24.5 Å². The van der Waals surface area contributed by atoms with Gasteiger partial charge < -0.3 is 5.32 Å². The Labute approximate surface area is 114 Å². The molecule has 19 heavy (non-hydrogen) atoms. The molecule has 2 aromatic rings. The van der Waals surface area contributed by atoms with E-state index in [-0.39, 0.29) is 17.6 Å². The van der Waals surface area contributed by atoms with Crippen molar-refractivity contribution in [2.24, 2.45) is 0 Å². The highest BCUT2D eigenvalue weighted by Gasteiger charge is 2.16. The number of aromatic nitrogens is 3. The first kappa shape index (κ1) is 13.4. The van der Waals surface area contributed by atoms with Gasteiger partial charge in [0.05, 0.1) is 11.6 Å². The second-order valence-corrected chi connectivity index (χ2v) is 4.81. The Morgan fingerprint density at radius 3 is 2.79 bits per heavy atom. The van der Waals surface area contributed by atoms with E-state index >= 15 is 0 Å². The topological polar surface area (TPSA) is 90.6 Å². The quantitative estimate of drug-likeness (QED) is 0.735. The molecule has 1 atom stereocenters. The maximum atomic E-state index is 12.2. The number of aromatic amines is 2. The largest absolute Gasteiger partial charge is 0.342 e. The number of rotatable bonds is 4. The summed E-state index contributed by atoms with van der Waals surface area (Å²) < 4.78 is 0. The number of amides is 1. The van der Waals surface area contributed by atoms with Crippen molar-refractivity contribution in [3.8, 4) is 0 Å². The van der Waals surface area contributed by atoms with Gasteiger partial charge in [-0.15, -0.1) is 11.8 Å². The molecule has 0 saturated carbocycles. The lowest BCUT2D eigenvalue weighted by molar-refractivity contribution is 0.0935. The Morgan fingerprint density at radius 1 is 1.42 bits per heavy atom. The Bertz CT molecular complexity index is 634. The minimum absolute atomic E-state index is 0.193. The van der Waals surface area contributed by atoms with Gasteiger partial charge in [-0.1, -0.05) is 12.1 Å². The summed E-state index contributed by atoms with van der Waals surface area (Å²) in [6.45, 7) is 1.76. The highest BCUT2D eigenvalue weighted by molar-refractivity contribution is 7.98. The normalized spacial score (nSPS) is 12.1. The van der Waals surface area contributed by atoms with Crippen molar-refractivity contribution in [2.75, 3.05) is 6.26 Å². The molecule has 3 N–H and O–H groups in total. The predicted octanol–water partition coefficient (Wildman–Crippen LogP) is 1.31. The molecule has 7 heteroatoms. The van der Waals surface area contributed by atoms with Crippen LogP contribution >= 0.6 is 11.8 Å². The van der Waals surface area contributed by atoms with Crippen LogP contribution < -0.4 is 11.0 Å². The van der Waals surface area contributed by atoms with Crippen molar-refractivity contribution < 1.29 is 4.79 Å². The summed E-state index contributed by atoms with van der Waals surface area (Å²) in [5.74, 6) is 0.210. The van der Waals surface area contributed by atoms with Gasteiger partial charge in [-0.05, 0) is 25.3 Å². The van der Waals surface area contributed by atoms with Gasteiger partial charge in [0.15, 0.2) is 5.82 Å². The number of carbonyl (C=O) groups is 1. The van der Waals surface area contributed by atoms with Gasteiger partial charge in [-0.25, -0.2) is 9.89 Å². The van der Waals surface area contributed by atoms with Gasteiger partial charge in [0.1, 0.15) is 0 Å². The van der Waals surface area contributed by atoms with Crippen molar-refractivity contribution in [1.82, 2.24) is 20.5 Å². The molecule has 0 unspecified atom stereocenters. The lowest BCUT2D eigenvalue weighted by atomic mass is 10.2. The summed E-state index contributed by atoms with van der Waals surface area (Å²) >= 11 is 1.51. The molecule has 0 saturated heterocycles. The van der Waals surface area contributed by atoms with Gasteiger partial charge in [0, 0.05) is 4.90 Å². The van der Waals surface area contributed by atoms with Crippen LogP contribution in [0, 0.1) is 0 Å². The lowest BCUT2D eigenvalue weighted by Gasteiger charge is -2.12. The van der Waals surface area contributed by atoms with Crippen LogP contribution in [0.25, 0.3) is 0 Å². The van der Waals surface area contributed by atoms with Crippen LogP contribution in [0.4, 0.5) is 0 Å². The molecule has 2 rings (SSSR count). The number of nitrogens with zero attached hydrogens (tertiary/aromatic N) is 1. The first-order valence-electron chi connectivity index (χ1n) is 5.70. The van der Waals surface area contributed by atoms with Crippen LogP contribution in [-0.4, -0.2) is 27.3 Å². The Balaban J connectivity index is 2.15. The van der Waals surface area contributed by atoms with Gasteiger partial charge in [0.25, 0.3) is 5.91 Å². The maximum Gasteiger partial charge on any atom is 0.340 e. The fourth-order valence-electron chi connectivity index (χ4n) is 1.66. The smallest absolute Gasteiger partial charge is 0.340 e. The molecule has 0 bridgehead atoms. The summed E-state index contributed by atoms with van der Waals surface area (Å²) in [6.07, 6.45) is 1.92. The zero-order valence-electron chi connectivity index (χ0n) is 10.6. The molecular formula is C12H14N4O2S. The maximum absolute atomic E-state index is 12.2. The average Bonchev–Trinajstić information content (AvgIpc) is 2.85. The number of carbonyl (C=O) groups excluding carboxylic acids is 1. The molecule has 0 aliphatic rings. The van der Waals surface area contributed by atoms with Crippen molar-refractivity contribution in [3.63, 3.8) is 0 Å². The number of hydrogen-bond donors (Lipinski definition) is 3. The number of H-pyrrole nitrogens is 2. The van der Waals surface area contributed by atoms with E-state index in [9.17, 15) is 9.59 Å². The number of thioether (sulfide) groups is 1. The van der Waals surface area contributed by atoms with E-state index in [0.29, 0.717) is 11.4 Å². The zero-order valence-corrected chi connectivity index (χ0v) is 11.4. The molecule has 6 nitrogen and oxygen atoms in total. The second kappa shape index (κ2) is 5.75. The Hall–Kier alpha value is -2.02. The number of nitrogens with one attached hydrogen (secondary N) is 3. The third kappa shape index (κ3) is 3.05. The molecule has 100 valence electrons. The molecule has 0 radical (unpaired) electrons. The van der Waals surface area contributed by atoms with Crippen molar-refractivity contribution >= 4 is 17.7 Å². The second-order valence-electron chi connectivity index (χ2n) is 3.96. The molecule has 1 aromatic heterocycles. The zero-order chi connectivity index (χ0) is 13.8. The van der Waals surface area contributed by atoms with E-state index in [1.54, 1.807) is 13.0 Å². The molecule has 0 spiro atoms. The van der Waals surface area contributed by atoms with Gasteiger partial charge in [0.2, 0.25) is 0 Å². The summed E-state index contributed by atoms with van der Waals surface area (Å²) in [7, 11) is 0. The lowest BCUT2D eigenvalue weighted by Crippen LogP contribution is -2.28. The molecule has 0 aliphatic carbocycles. The van der Waals surface area contributed by atoms with Crippen molar-refractivity contribution in [1.29, 1.82) is 0 Å². The molecule has 0 fully saturated rings. The van der Waals surface area contributed by atoms with E-state index in [2.05, 4.69) is 20.5 Å². The van der Waals surface area contributed by atoms with Crippen LogP contribution in [0.3, 0.4) is 0 Å². The highest BCUT2D eigenvalue weighted by Crippen LogP contribution is 2.20. The van der Waals surface area contributed by atoms with E-state index in [0.717, 1.165) is 4.90 Å². The van der Waals surface area contributed by atoms with Crippen LogP contribution in [0.5, 0.6) is 0 Å². The fourth-order valence-corrected chi connectivity index (χ4v) is 2.26. The van der Waals surface area contributed by atoms with Gasteiger partial charge >= 0.3 is 5.69 Å². The van der Waals surface area contributed by atoms with Gasteiger partial charge in [-0.3, -0.25) is 9.78 Å². The average molecular weight is 278 g/mol. The highest BCUT2D eigenvalue weighted by atomic mass is 32.2. The minimum atomic E-state index is -0.388. The monoisotopic (exact) mass is 278 g/mol. The first-order valence-corrected chi connectivity index (χ1v) is 6.92. The number of hydrogen-bond acceptors (Lipinski definition) is 4. The molecule has 0 aliphatic heterocycles. The summed E-state index contributed by atoms with van der Waals surface area (Å²) in [5.41, 5.74) is 0.223. The number of benzene rings is 1.